The van der Waals surface area contributed by atoms with Crippen LogP contribution in [0.2, 0.25) is 0 Å². The molecule has 1 unspecified atom stereocenters. The Morgan fingerprint density at radius 1 is 1.04 bits per heavy atom. The van der Waals surface area contributed by atoms with Gasteiger partial charge in [0.2, 0.25) is 5.91 Å². The van der Waals surface area contributed by atoms with E-state index in [1.54, 1.807) is 49.7 Å². The van der Waals surface area contributed by atoms with E-state index in [2.05, 4.69) is 15.6 Å². The molecule has 0 spiro atoms. The van der Waals surface area contributed by atoms with Crippen molar-refractivity contribution in [2.45, 2.75) is 32.4 Å². The molecule has 2 saturated heterocycles. The Morgan fingerprint density at radius 2 is 1.80 bits per heavy atom. The van der Waals surface area contributed by atoms with Crippen LogP contribution in [0.5, 0.6) is 17.2 Å². The molecule has 2 fully saturated rings. The van der Waals surface area contributed by atoms with Crippen molar-refractivity contribution in [2.75, 3.05) is 44.0 Å². The molecule has 254 valence electrons. The minimum Gasteiger partial charge on any atom is -0.497 e. The fourth-order valence-corrected chi connectivity index (χ4v) is 6.21. The Labute approximate surface area is 288 Å². The number of ether oxygens (including phenoxy) is 3. The molecular weight excluding hydrogens is 636 g/mol. The van der Waals surface area contributed by atoms with Gasteiger partial charge in [0.05, 0.1) is 43.9 Å². The zero-order valence-corrected chi connectivity index (χ0v) is 27.8. The first kappa shape index (κ1) is 32.5. The van der Waals surface area contributed by atoms with Crippen LogP contribution in [0.4, 0.5) is 11.6 Å². The molecule has 1 atom stereocenters. The van der Waals surface area contributed by atoms with Crippen molar-refractivity contribution in [2.24, 2.45) is 5.41 Å². The van der Waals surface area contributed by atoms with Crippen molar-refractivity contribution in [3.63, 3.8) is 0 Å². The molecule has 0 aliphatic carbocycles. The Balaban J connectivity index is 1.15. The van der Waals surface area contributed by atoms with E-state index in [1.807, 2.05) is 46.8 Å². The Morgan fingerprint density at radius 3 is 2.52 bits per heavy atom. The summed E-state index contributed by atoms with van der Waals surface area (Å²) in [6, 6.07) is 21.4. The number of piperidine rings is 1. The van der Waals surface area contributed by atoms with Crippen molar-refractivity contribution in [1.29, 1.82) is 5.26 Å². The van der Waals surface area contributed by atoms with Crippen LogP contribution in [0.1, 0.15) is 41.3 Å². The summed E-state index contributed by atoms with van der Waals surface area (Å²) in [5.41, 5.74) is 1.98. The first-order chi connectivity index (χ1) is 24.3. The number of hydrogen-bond acceptors (Lipinski definition) is 10. The minimum absolute atomic E-state index is 0.0287. The molecule has 2 aliphatic heterocycles. The number of methoxy groups -OCH3 is 1. The van der Waals surface area contributed by atoms with Crippen LogP contribution in [-0.2, 0) is 16.1 Å². The summed E-state index contributed by atoms with van der Waals surface area (Å²) in [4.78, 5) is 37.0. The van der Waals surface area contributed by atoms with E-state index in [0.29, 0.717) is 72.3 Å². The van der Waals surface area contributed by atoms with E-state index in [1.165, 1.54) is 12.3 Å². The van der Waals surface area contributed by atoms with E-state index >= 15 is 0 Å². The molecule has 0 saturated carbocycles. The predicted molar refractivity (Wildman–Crippen MR) is 185 cm³/mol. The monoisotopic (exact) mass is 672 g/mol. The minimum atomic E-state index is -0.463. The first-order valence-electron chi connectivity index (χ1n) is 16.4. The van der Waals surface area contributed by atoms with Gasteiger partial charge in [-0.3, -0.25) is 9.59 Å². The number of carbonyl (C=O) groups excluding carboxylic acids is 2. The number of benzene rings is 2. The van der Waals surface area contributed by atoms with Crippen molar-refractivity contribution < 1.29 is 23.8 Å². The number of amides is 2. The molecule has 0 bridgehead atoms. The number of hydrogen-bond donors (Lipinski definition) is 2. The Hall–Kier alpha value is -6.00. The van der Waals surface area contributed by atoms with Crippen LogP contribution in [-0.4, -0.2) is 75.9 Å². The second-order valence-electron chi connectivity index (χ2n) is 12.8. The molecule has 2 amide bonds. The van der Waals surface area contributed by atoms with Gasteiger partial charge >= 0.3 is 0 Å². The van der Waals surface area contributed by atoms with Gasteiger partial charge in [0.25, 0.3) is 5.91 Å². The largest absolute Gasteiger partial charge is 0.497 e. The lowest BCUT2D eigenvalue weighted by molar-refractivity contribution is -0.169. The van der Waals surface area contributed by atoms with Gasteiger partial charge in [-0.2, -0.15) is 10.4 Å². The SMILES string of the molecule is COc1ccc(Cn2nc(NC3CCCN(C(=O)C4(C)COC4)C3)c3c(Oc4ccc(C(=O)Nc5cc(C#N)ccn5)cc4)ccnc32)cc1. The molecule has 3 aromatic heterocycles. The fourth-order valence-electron chi connectivity index (χ4n) is 6.21. The summed E-state index contributed by atoms with van der Waals surface area (Å²) in [5, 5.41) is 21.2. The van der Waals surface area contributed by atoms with Crippen molar-refractivity contribution in [3.8, 4) is 23.3 Å². The summed E-state index contributed by atoms with van der Waals surface area (Å²) in [6.45, 7) is 4.59. The lowest BCUT2D eigenvalue weighted by Gasteiger charge is -2.43. The van der Waals surface area contributed by atoms with Gasteiger partial charge in [0.1, 0.15) is 28.5 Å². The third-order valence-electron chi connectivity index (χ3n) is 8.97. The summed E-state index contributed by atoms with van der Waals surface area (Å²) in [7, 11) is 1.64. The lowest BCUT2D eigenvalue weighted by atomic mass is 9.86. The highest BCUT2D eigenvalue weighted by Crippen LogP contribution is 2.36. The average Bonchev–Trinajstić information content (AvgIpc) is 3.48. The topological polar surface area (TPSA) is 157 Å². The molecule has 50 heavy (non-hydrogen) atoms. The first-order valence-corrected chi connectivity index (χ1v) is 16.4. The van der Waals surface area contributed by atoms with Crippen LogP contribution in [0.3, 0.4) is 0 Å². The number of likely N-dealkylation sites (tertiary alicyclic amines) is 1. The van der Waals surface area contributed by atoms with Gasteiger partial charge in [0, 0.05) is 43.2 Å². The van der Waals surface area contributed by atoms with Crippen LogP contribution >= 0.6 is 0 Å². The number of nitrogens with zero attached hydrogens (tertiary/aromatic N) is 6. The number of rotatable bonds is 10. The van der Waals surface area contributed by atoms with E-state index in [9.17, 15) is 9.59 Å². The third-order valence-corrected chi connectivity index (χ3v) is 8.97. The molecule has 2 aromatic carbocycles. The normalized spacial score (nSPS) is 16.6. The lowest BCUT2D eigenvalue weighted by Crippen LogP contribution is -2.56. The number of carbonyl (C=O) groups is 2. The molecule has 2 N–H and O–H groups in total. The van der Waals surface area contributed by atoms with Crippen LogP contribution in [0.25, 0.3) is 11.0 Å². The van der Waals surface area contributed by atoms with Gasteiger partial charge in [0.15, 0.2) is 11.5 Å². The maximum absolute atomic E-state index is 13.3. The molecule has 7 rings (SSSR count). The second-order valence-corrected chi connectivity index (χ2v) is 12.8. The highest BCUT2D eigenvalue weighted by molar-refractivity contribution is 6.04. The van der Waals surface area contributed by atoms with Gasteiger partial charge < -0.3 is 29.7 Å². The number of fused-ring (bicyclic) bond motifs is 1. The van der Waals surface area contributed by atoms with Crippen LogP contribution < -0.4 is 20.1 Å². The Bertz CT molecular complexity index is 2070. The van der Waals surface area contributed by atoms with Crippen LogP contribution in [0, 0.1) is 16.7 Å². The number of pyridine rings is 2. The van der Waals surface area contributed by atoms with Gasteiger partial charge in [-0.1, -0.05) is 12.1 Å². The summed E-state index contributed by atoms with van der Waals surface area (Å²) < 4.78 is 19.0. The molecule has 13 heteroatoms. The molecule has 5 aromatic rings. The number of nitrogens with one attached hydrogen (secondary N) is 2. The summed E-state index contributed by atoms with van der Waals surface area (Å²) >= 11 is 0. The smallest absolute Gasteiger partial charge is 0.256 e. The van der Waals surface area contributed by atoms with Crippen molar-refractivity contribution in [1.82, 2.24) is 24.6 Å². The fraction of sp³-hybridized carbons (Fsp3) is 0.297. The van der Waals surface area contributed by atoms with Crippen molar-refractivity contribution in [3.05, 3.63) is 95.8 Å². The zero-order chi connectivity index (χ0) is 34.7. The highest BCUT2D eigenvalue weighted by atomic mass is 16.5. The molecule has 0 radical (unpaired) electrons. The van der Waals surface area contributed by atoms with E-state index in [4.69, 9.17) is 29.6 Å². The molecule has 5 heterocycles. The average molecular weight is 673 g/mol. The number of nitriles is 1. The third kappa shape index (κ3) is 6.79. The molecule has 2 aliphatic rings. The van der Waals surface area contributed by atoms with Gasteiger partial charge in [-0.05, 0) is 73.9 Å². The quantitative estimate of drug-likeness (QED) is 0.201. The number of aromatic nitrogens is 4. The summed E-state index contributed by atoms with van der Waals surface area (Å²) in [5.74, 6) is 2.47. The second kappa shape index (κ2) is 13.9. The van der Waals surface area contributed by atoms with E-state index < -0.39 is 5.41 Å². The van der Waals surface area contributed by atoms with E-state index in [0.717, 1.165) is 24.2 Å². The highest BCUT2D eigenvalue weighted by Gasteiger charge is 2.44. The summed E-state index contributed by atoms with van der Waals surface area (Å²) in [6.07, 6.45) is 4.89. The molecule has 13 nitrogen and oxygen atoms in total. The maximum atomic E-state index is 13.3. The van der Waals surface area contributed by atoms with Gasteiger partial charge in [-0.15, -0.1) is 0 Å². The van der Waals surface area contributed by atoms with Gasteiger partial charge in [-0.25, -0.2) is 14.6 Å². The standard InChI is InChI=1S/C37H36N8O5/c1-37(22-49-23-37)36(47)44-17-3-4-27(21-44)41-33-32-30(14-16-40-34(32)45(43-33)20-24-5-9-28(48-2)10-6-24)50-29-11-7-26(8-12-29)35(46)42-31-18-25(19-38)13-15-39-31/h5-16,18,27H,3-4,17,20-23H2,1-2H3,(H,41,43)(H,39,42,46). The molecular formula is C37H36N8O5. The number of anilines is 2. The maximum Gasteiger partial charge on any atom is 0.256 e. The van der Waals surface area contributed by atoms with E-state index in [-0.39, 0.29) is 23.7 Å². The van der Waals surface area contributed by atoms with Crippen molar-refractivity contribution >= 4 is 34.5 Å². The zero-order valence-electron chi connectivity index (χ0n) is 27.8. The predicted octanol–water partition coefficient (Wildman–Crippen LogP) is 5.24. The van der Waals surface area contributed by atoms with Crippen LogP contribution in [0.15, 0.2) is 79.1 Å². The Kier molecular flexibility index (Phi) is 9.02.